The Morgan fingerprint density at radius 3 is 2.38 bits per heavy atom. The lowest BCUT2D eigenvalue weighted by molar-refractivity contribution is 0.573. The van der Waals surface area contributed by atoms with Crippen LogP contribution in [0, 0.1) is 0 Å². The molecule has 5 N–H and O–H groups in total. The number of amidine groups is 2. The summed E-state index contributed by atoms with van der Waals surface area (Å²) < 4.78 is 0. The lowest BCUT2D eigenvalue weighted by atomic mass is 10.1. The van der Waals surface area contributed by atoms with Crippen LogP contribution in [0.2, 0.25) is 0 Å². The summed E-state index contributed by atoms with van der Waals surface area (Å²) in [6.07, 6.45) is 5.50. The van der Waals surface area contributed by atoms with Crippen LogP contribution in [-0.2, 0) is 0 Å². The highest BCUT2D eigenvalue weighted by atomic mass is 15.4. The summed E-state index contributed by atoms with van der Waals surface area (Å²) in [5, 5.41) is 11.4. The van der Waals surface area contributed by atoms with Gasteiger partial charge in [0.05, 0.1) is 11.9 Å². The van der Waals surface area contributed by atoms with Crippen molar-refractivity contribution in [2.24, 2.45) is 26.8 Å². The first-order chi connectivity index (χ1) is 10.2. The van der Waals surface area contributed by atoms with Gasteiger partial charge in [0.1, 0.15) is 5.82 Å². The van der Waals surface area contributed by atoms with Gasteiger partial charge in [0.15, 0.2) is 17.4 Å². The van der Waals surface area contributed by atoms with Crippen LogP contribution in [0.15, 0.2) is 33.6 Å². The zero-order valence-corrected chi connectivity index (χ0v) is 11.7. The molecule has 1 aromatic rings. The van der Waals surface area contributed by atoms with E-state index in [1.54, 1.807) is 6.20 Å². The van der Waals surface area contributed by atoms with Crippen molar-refractivity contribution in [3.63, 3.8) is 0 Å². The number of nitrogens with zero attached hydrogens (tertiary/aromatic N) is 5. The van der Waals surface area contributed by atoms with Crippen LogP contribution in [0.3, 0.4) is 0 Å². The van der Waals surface area contributed by atoms with Crippen molar-refractivity contribution >= 4 is 28.9 Å². The third-order valence-electron chi connectivity index (χ3n) is 3.48. The number of pyridine rings is 1. The molecule has 0 saturated carbocycles. The van der Waals surface area contributed by atoms with Gasteiger partial charge in [-0.15, -0.1) is 10.2 Å². The lowest BCUT2D eigenvalue weighted by Gasteiger charge is -2.27. The van der Waals surface area contributed by atoms with Crippen molar-refractivity contribution in [2.75, 3.05) is 23.4 Å². The number of rotatable bonds is 3. The average Bonchev–Trinajstić information content (AvgIpc) is 2.85. The van der Waals surface area contributed by atoms with Crippen molar-refractivity contribution in [1.29, 1.82) is 0 Å². The van der Waals surface area contributed by atoms with E-state index in [1.165, 1.54) is 19.3 Å². The fraction of sp³-hybridized carbons (Fsp3) is 0.385. The number of hydrogen-bond donors (Lipinski definition) is 3. The summed E-state index contributed by atoms with van der Waals surface area (Å²) in [4.78, 5) is 6.75. The summed E-state index contributed by atoms with van der Waals surface area (Å²) in [5.74, 6) is 1.41. The number of hydrogen-bond acceptors (Lipinski definition) is 8. The molecular weight excluding hydrogens is 268 g/mol. The molecule has 8 nitrogen and oxygen atoms in total. The number of piperidine rings is 1. The molecule has 1 aromatic heterocycles. The van der Waals surface area contributed by atoms with E-state index in [2.05, 4.69) is 30.6 Å². The van der Waals surface area contributed by atoms with Gasteiger partial charge in [0, 0.05) is 13.1 Å². The van der Waals surface area contributed by atoms with E-state index in [-0.39, 0.29) is 11.7 Å². The lowest BCUT2D eigenvalue weighted by Crippen LogP contribution is -2.32. The summed E-state index contributed by atoms with van der Waals surface area (Å²) >= 11 is 0. The van der Waals surface area contributed by atoms with Crippen molar-refractivity contribution in [3.8, 4) is 0 Å². The number of nitrogens with one attached hydrogen (secondary N) is 1. The highest BCUT2D eigenvalue weighted by Gasteiger charge is 2.16. The monoisotopic (exact) mass is 286 g/mol. The maximum absolute atomic E-state index is 5.62. The van der Waals surface area contributed by atoms with Crippen LogP contribution in [0.5, 0.6) is 0 Å². The van der Waals surface area contributed by atoms with Gasteiger partial charge in [0.2, 0.25) is 0 Å². The molecule has 2 aliphatic heterocycles. The normalized spacial score (nSPS) is 18.3. The standard InChI is InChI=1S/C13H18N8/c14-12-11(13(15)20-19-12)18-17-9-4-5-10(16-8-9)21-6-2-1-3-7-21/h4-5,8,17H,1-3,6-7H2,(H4,14,15,18,19,20). The second kappa shape index (κ2) is 5.78. The Hall–Kier alpha value is -2.64. The molecule has 1 fully saturated rings. The second-order valence-electron chi connectivity index (χ2n) is 5.00. The fourth-order valence-corrected chi connectivity index (χ4v) is 2.33. The number of hydrazone groups is 1. The van der Waals surface area contributed by atoms with Crippen LogP contribution in [0.4, 0.5) is 11.5 Å². The topological polar surface area (TPSA) is 117 Å². The van der Waals surface area contributed by atoms with Gasteiger partial charge in [-0.3, -0.25) is 5.43 Å². The minimum atomic E-state index is 0.206. The van der Waals surface area contributed by atoms with Crippen LogP contribution in [0.25, 0.3) is 0 Å². The molecule has 0 amide bonds. The van der Waals surface area contributed by atoms with E-state index >= 15 is 0 Å². The van der Waals surface area contributed by atoms with E-state index in [0.29, 0.717) is 5.71 Å². The first-order valence-electron chi connectivity index (χ1n) is 6.96. The molecule has 1 saturated heterocycles. The number of aromatic nitrogens is 1. The Bertz CT molecular complexity index is 575. The molecule has 110 valence electrons. The van der Waals surface area contributed by atoms with Gasteiger partial charge < -0.3 is 16.4 Å². The molecule has 0 radical (unpaired) electrons. The Morgan fingerprint density at radius 1 is 1.05 bits per heavy atom. The van der Waals surface area contributed by atoms with Crippen molar-refractivity contribution < 1.29 is 0 Å². The van der Waals surface area contributed by atoms with Gasteiger partial charge in [-0.2, -0.15) is 5.10 Å². The predicted octanol–water partition coefficient (Wildman–Crippen LogP) is 0.483. The smallest absolute Gasteiger partial charge is 0.177 e. The first-order valence-corrected chi connectivity index (χ1v) is 6.96. The number of nitrogens with two attached hydrogens (primary N) is 2. The average molecular weight is 286 g/mol. The quantitative estimate of drug-likeness (QED) is 0.699. The summed E-state index contributed by atoms with van der Waals surface area (Å²) in [7, 11) is 0. The van der Waals surface area contributed by atoms with E-state index in [9.17, 15) is 0 Å². The molecule has 0 aliphatic carbocycles. The first kappa shape index (κ1) is 13.3. The van der Waals surface area contributed by atoms with Crippen LogP contribution in [-0.4, -0.2) is 35.5 Å². The van der Waals surface area contributed by atoms with Gasteiger partial charge in [-0.25, -0.2) is 4.98 Å². The van der Waals surface area contributed by atoms with Crippen LogP contribution >= 0.6 is 0 Å². The van der Waals surface area contributed by atoms with Gasteiger partial charge in [-0.05, 0) is 31.4 Å². The maximum Gasteiger partial charge on any atom is 0.177 e. The largest absolute Gasteiger partial charge is 0.380 e. The predicted molar refractivity (Wildman–Crippen MR) is 84.6 cm³/mol. The summed E-state index contributed by atoms with van der Waals surface area (Å²) in [5.41, 5.74) is 15.2. The Kier molecular flexibility index (Phi) is 3.67. The minimum Gasteiger partial charge on any atom is -0.380 e. The summed E-state index contributed by atoms with van der Waals surface area (Å²) in [6, 6.07) is 3.91. The summed E-state index contributed by atoms with van der Waals surface area (Å²) in [6.45, 7) is 2.14. The Labute approximate surface area is 122 Å². The molecule has 0 aromatic carbocycles. The van der Waals surface area contributed by atoms with Crippen LogP contribution < -0.4 is 21.8 Å². The molecule has 0 spiro atoms. The van der Waals surface area contributed by atoms with Crippen LogP contribution in [0.1, 0.15) is 19.3 Å². The highest BCUT2D eigenvalue weighted by molar-refractivity contribution is 6.68. The molecule has 3 heterocycles. The Morgan fingerprint density at radius 2 is 1.76 bits per heavy atom. The van der Waals surface area contributed by atoms with E-state index in [4.69, 9.17) is 11.5 Å². The third-order valence-corrected chi connectivity index (χ3v) is 3.48. The maximum atomic E-state index is 5.62. The third kappa shape index (κ3) is 2.93. The van der Waals surface area contributed by atoms with E-state index < -0.39 is 0 Å². The molecule has 3 rings (SSSR count). The van der Waals surface area contributed by atoms with Crippen molar-refractivity contribution in [2.45, 2.75) is 19.3 Å². The molecule has 8 heteroatoms. The van der Waals surface area contributed by atoms with Crippen molar-refractivity contribution in [1.82, 2.24) is 4.98 Å². The van der Waals surface area contributed by atoms with E-state index in [0.717, 1.165) is 24.6 Å². The molecule has 21 heavy (non-hydrogen) atoms. The molecule has 0 bridgehead atoms. The minimum absolute atomic E-state index is 0.206. The molecule has 0 atom stereocenters. The van der Waals surface area contributed by atoms with Crippen molar-refractivity contribution in [3.05, 3.63) is 18.3 Å². The van der Waals surface area contributed by atoms with E-state index in [1.807, 2.05) is 12.1 Å². The SMILES string of the molecule is NC1=NN=C(N)C1=NNc1ccc(N2CCCCC2)nc1. The zero-order valence-electron chi connectivity index (χ0n) is 11.7. The van der Waals surface area contributed by atoms with Gasteiger partial charge in [-0.1, -0.05) is 0 Å². The van der Waals surface area contributed by atoms with Gasteiger partial charge >= 0.3 is 0 Å². The highest BCUT2D eigenvalue weighted by Crippen LogP contribution is 2.18. The molecule has 0 unspecified atom stereocenters. The fourth-order valence-electron chi connectivity index (χ4n) is 2.33. The number of anilines is 2. The van der Waals surface area contributed by atoms with Gasteiger partial charge in [0.25, 0.3) is 0 Å². The zero-order chi connectivity index (χ0) is 14.7. The molecule has 2 aliphatic rings. The molecular formula is C13H18N8. The second-order valence-corrected chi connectivity index (χ2v) is 5.00. The Balaban J connectivity index is 1.66.